The Morgan fingerprint density at radius 1 is 1.06 bits per heavy atom. The zero-order chi connectivity index (χ0) is 22.5. The Bertz CT molecular complexity index is 1100. The first-order valence-electron chi connectivity index (χ1n) is 8.81. The van der Waals surface area contributed by atoms with Crippen molar-refractivity contribution in [1.29, 1.82) is 0 Å². The van der Waals surface area contributed by atoms with Crippen LogP contribution in [0.4, 0.5) is 16.2 Å². The summed E-state index contributed by atoms with van der Waals surface area (Å²) in [5.74, 6) is -0.334. The molecule has 2 aromatic rings. The number of nitrogens with zero attached hydrogens (tertiary/aromatic N) is 3. The molecule has 160 valence electrons. The number of aliphatic hydroxyl groups is 1. The van der Waals surface area contributed by atoms with Crippen molar-refractivity contribution in [3.63, 3.8) is 0 Å². The van der Waals surface area contributed by atoms with Crippen molar-refractivity contribution in [1.82, 2.24) is 4.90 Å². The molecule has 12 heteroatoms. The lowest BCUT2D eigenvalue weighted by Gasteiger charge is -2.12. The van der Waals surface area contributed by atoms with Gasteiger partial charge in [-0.2, -0.15) is 0 Å². The highest BCUT2D eigenvalue weighted by molar-refractivity contribution is 8.18. The number of para-hydroxylation sites is 1. The van der Waals surface area contributed by atoms with Crippen molar-refractivity contribution in [2.24, 2.45) is 0 Å². The molecule has 1 fully saturated rings. The number of aliphatic hydroxyl groups excluding tert-OH is 1. The van der Waals surface area contributed by atoms with E-state index in [0.717, 1.165) is 16.7 Å². The minimum Gasteiger partial charge on any atom is -0.396 e. The molecule has 1 aliphatic heterocycles. The molecule has 0 atom stereocenters. The predicted octanol–water partition coefficient (Wildman–Crippen LogP) is 3.82. The van der Waals surface area contributed by atoms with Gasteiger partial charge in [-0.15, -0.1) is 11.8 Å². The average molecular weight is 461 g/mol. The highest BCUT2D eigenvalue weighted by Crippen LogP contribution is 2.36. The third-order valence-electron chi connectivity index (χ3n) is 4.22. The van der Waals surface area contributed by atoms with Gasteiger partial charge in [-0.05, 0) is 29.5 Å². The van der Waals surface area contributed by atoms with Crippen LogP contribution in [-0.4, -0.2) is 43.4 Å². The number of thioether (sulfide) groups is 2. The Morgan fingerprint density at radius 2 is 1.77 bits per heavy atom. The van der Waals surface area contributed by atoms with Gasteiger partial charge in [-0.25, -0.2) is 0 Å². The van der Waals surface area contributed by atoms with Gasteiger partial charge in [0.2, 0.25) is 0 Å². The monoisotopic (exact) mass is 461 g/mol. The highest BCUT2D eigenvalue weighted by Gasteiger charge is 2.36. The fraction of sp³-hybridized carbons (Fsp3) is 0.158. The lowest BCUT2D eigenvalue weighted by Crippen LogP contribution is -2.27. The summed E-state index contributed by atoms with van der Waals surface area (Å²) < 4.78 is 0. The number of hydrogen-bond donors (Lipinski definition) is 1. The van der Waals surface area contributed by atoms with E-state index in [4.69, 9.17) is 5.11 Å². The van der Waals surface area contributed by atoms with Crippen LogP contribution in [0, 0.1) is 20.2 Å². The Balaban J connectivity index is 1.86. The normalized spacial score (nSPS) is 15.0. The number of amides is 2. The summed E-state index contributed by atoms with van der Waals surface area (Å²) in [7, 11) is 0. The largest absolute Gasteiger partial charge is 0.396 e. The van der Waals surface area contributed by atoms with Crippen LogP contribution in [0.2, 0.25) is 0 Å². The van der Waals surface area contributed by atoms with E-state index < -0.39 is 21.0 Å². The first kappa shape index (κ1) is 22.5. The highest BCUT2D eigenvalue weighted by atomic mass is 32.2. The number of carbonyl (C=O) groups is 2. The number of hydrogen-bond acceptors (Lipinski definition) is 9. The molecule has 31 heavy (non-hydrogen) atoms. The van der Waals surface area contributed by atoms with Gasteiger partial charge >= 0.3 is 0 Å². The maximum atomic E-state index is 12.7. The number of nitro benzene ring substituents is 2. The zero-order valence-electron chi connectivity index (χ0n) is 15.8. The summed E-state index contributed by atoms with van der Waals surface area (Å²) in [4.78, 5) is 47.8. The van der Waals surface area contributed by atoms with Crippen LogP contribution >= 0.6 is 23.5 Å². The zero-order valence-corrected chi connectivity index (χ0v) is 17.4. The van der Waals surface area contributed by atoms with Gasteiger partial charge in [0.15, 0.2) is 0 Å². The van der Waals surface area contributed by atoms with Gasteiger partial charge in [0, 0.05) is 23.4 Å². The van der Waals surface area contributed by atoms with Gasteiger partial charge in [0.1, 0.15) is 0 Å². The molecule has 1 N–H and O–H groups in total. The van der Waals surface area contributed by atoms with Crippen molar-refractivity contribution >= 4 is 52.1 Å². The maximum Gasteiger partial charge on any atom is 0.293 e. The number of nitro groups is 2. The summed E-state index contributed by atoms with van der Waals surface area (Å²) in [6.07, 6.45) is 1.37. The van der Waals surface area contributed by atoms with E-state index in [1.807, 2.05) is 0 Å². The topological polar surface area (TPSA) is 144 Å². The van der Waals surface area contributed by atoms with Crippen molar-refractivity contribution in [3.05, 3.63) is 78.7 Å². The summed E-state index contributed by atoms with van der Waals surface area (Å²) in [6.45, 7) is -0.383. The fourth-order valence-electron chi connectivity index (χ4n) is 2.83. The van der Waals surface area contributed by atoms with Crippen LogP contribution in [0.5, 0.6) is 0 Å². The van der Waals surface area contributed by atoms with Crippen molar-refractivity contribution in [2.75, 3.05) is 12.4 Å². The molecule has 0 unspecified atom stereocenters. The molecule has 10 nitrogen and oxygen atoms in total. The Morgan fingerprint density at radius 3 is 2.45 bits per heavy atom. The van der Waals surface area contributed by atoms with Gasteiger partial charge < -0.3 is 5.11 Å². The molecule has 0 aliphatic carbocycles. The third-order valence-corrected chi connectivity index (χ3v) is 6.17. The van der Waals surface area contributed by atoms with Gasteiger partial charge in [-0.1, -0.05) is 24.3 Å². The van der Waals surface area contributed by atoms with Gasteiger partial charge in [-0.3, -0.25) is 34.7 Å². The molecule has 0 saturated carbocycles. The molecule has 1 aliphatic rings. The molecule has 1 heterocycles. The molecule has 0 aromatic heterocycles. The minimum absolute atomic E-state index is 0.0636. The number of benzene rings is 2. The van der Waals surface area contributed by atoms with Crippen molar-refractivity contribution < 1.29 is 24.5 Å². The molecule has 0 radical (unpaired) electrons. The van der Waals surface area contributed by atoms with Gasteiger partial charge in [0.05, 0.1) is 32.8 Å². The summed E-state index contributed by atoms with van der Waals surface area (Å²) in [5, 5.41) is 30.9. The van der Waals surface area contributed by atoms with Crippen LogP contribution < -0.4 is 0 Å². The molecule has 3 rings (SSSR count). The Kier molecular flexibility index (Phi) is 7.05. The molecule has 2 aromatic carbocycles. The third kappa shape index (κ3) is 5.10. The van der Waals surface area contributed by atoms with Crippen molar-refractivity contribution in [3.8, 4) is 0 Å². The molecular weight excluding hydrogens is 446 g/mol. The fourth-order valence-corrected chi connectivity index (χ4v) is 4.42. The number of imide groups is 1. The summed E-state index contributed by atoms with van der Waals surface area (Å²) >= 11 is 1.79. The molecular formula is C19H15N3O7S2. The quantitative estimate of drug-likeness (QED) is 0.268. The maximum absolute atomic E-state index is 12.7. The van der Waals surface area contributed by atoms with E-state index in [0.29, 0.717) is 28.0 Å². The summed E-state index contributed by atoms with van der Waals surface area (Å²) in [5.41, 5.74) is 0.205. The molecule has 1 saturated heterocycles. The van der Waals surface area contributed by atoms with Crippen LogP contribution in [0.3, 0.4) is 0 Å². The van der Waals surface area contributed by atoms with E-state index in [1.54, 1.807) is 12.1 Å². The Hall–Kier alpha value is -3.22. The van der Waals surface area contributed by atoms with Gasteiger partial charge in [0.25, 0.3) is 22.5 Å². The first-order chi connectivity index (χ1) is 14.8. The van der Waals surface area contributed by atoms with Crippen LogP contribution in [0.25, 0.3) is 6.08 Å². The van der Waals surface area contributed by atoms with Crippen molar-refractivity contribution in [2.45, 2.75) is 11.4 Å². The first-order valence-corrected chi connectivity index (χ1v) is 10.6. The molecule has 0 spiro atoms. The van der Waals surface area contributed by atoms with Crippen LogP contribution in [0.1, 0.15) is 11.1 Å². The van der Waals surface area contributed by atoms with E-state index in [2.05, 4.69) is 0 Å². The Labute approximate surface area is 184 Å². The van der Waals surface area contributed by atoms with E-state index in [1.165, 1.54) is 36.4 Å². The second-order valence-corrected chi connectivity index (χ2v) is 8.34. The van der Waals surface area contributed by atoms with E-state index >= 15 is 0 Å². The number of carbonyl (C=O) groups excluding carboxylic acids is 2. The average Bonchev–Trinajstić information content (AvgIpc) is 3.00. The standard InChI is InChI=1S/C19H15N3O7S2/c23-7-8-30-16-6-5-12(9-15(16)22(28)29)10-17-18(24)20(19(25)31-17)11-13-3-1-2-4-14(13)21(26)27/h1-6,9-10,23H,7-8,11H2. The smallest absolute Gasteiger partial charge is 0.293 e. The molecule has 2 amide bonds. The second-order valence-electron chi connectivity index (χ2n) is 6.21. The van der Waals surface area contributed by atoms with E-state index in [-0.39, 0.29) is 35.0 Å². The molecule has 0 bridgehead atoms. The van der Waals surface area contributed by atoms with Crippen LogP contribution in [0.15, 0.2) is 52.3 Å². The summed E-state index contributed by atoms with van der Waals surface area (Å²) in [6, 6.07) is 10.2. The van der Waals surface area contributed by atoms with E-state index in [9.17, 15) is 29.8 Å². The predicted molar refractivity (Wildman–Crippen MR) is 116 cm³/mol. The SMILES string of the molecule is O=C1SC(=Cc2ccc(SCCO)c([N+](=O)[O-])c2)C(=O)N1Cc1ccccc1[N+](=O)[O-]. The minimum atomic E-state index is -0.630. The lowest BCUT2D eigenvalue weighted by atomic mass is 10.1. The second kappa shape index (κ2) is 9.73. The lowest BCUT2D eigenvalue weighted by molar-refractivity contribution is -0.387. The van der Waals surface area contributed by atoms with Crippen LogP contribution in [-0.2, 0) is 11.3 Å². The number of rotatable bonds is 8.